The zero-order valence-electron chi connectivity index (χ0n) is 18.9. The van der Waals surface area contributed by atoms with E-state index >= 15 is 0 Å². The van der Waals surface area contributed by atoms with Crippen LogP contribution in [-0.4, -0.2) is 39.8 Å². The molecule has 2 heterocycles. The first-order valence-electron chi connectivity index (χ1n) is 10.5. The molecule has 0 unspecified atom stereocenters. The van der Waals surface area contributed by atoms with Crippen molar-refractivity contribution in [2.45, 2.75) is 69.9 Å². The van der Waals surface area contributed by atoms with Crippen LogP contribution in [0, 0.1) is 5.41 Å². The normalized spacial score (nSPS) is 14.4. The van der Waals surface area contributed by atoms with Crippen LogP contribution in [-0.2, 0) is 27.2 Å². The van der Waals surface area contributed by atoms with Gasteiger partial charge in [-0.3, -0.25) is 9.59 Å². The van der Waals surface area contributed by atoms with Gasteiger partial charge in [-0.25, -0.2) is 4.79 Å². The van der Waals surface area contributed by atoms with Crippen molar-refractivity contribution in [1.82, 2.24) is 10.2 Å². The monoisotopic (exact) mass is 496 g/mol. The minimum atomic E-state index is -0.539. The third-order valence-corrected chi connectivity index (χ3v) is 8.07. The molecule has 2 amide bonds. The van der Waals surface area contributed by atoms with E-state index in [0.29, 0.717) is 20.0 Å². The van der Waals surface area contributed by atoms with Crippen LogP contribution >= 0.6 is 34.4 Å². The molecule has 0 bridgehead atoms. The van der Waals surface area contributed by atoms with E-state index in [9.17, 15) is 14.4 Å². The topological polar surface area (TPSA) is 110 Å². The summed E-state index contributed by atoms with van der Waals surface area (Å²) in [5.41, 5.74) is 0.974. The number of thioether (sulfide) groups is 1. The van der Waals surface area contributed by atoms with Crippen LogP contribution in [0.4, 0.5) is 10.1 Å². The second-order valence-electron chi connectivity index (χ2n) is 8.46. The summed E-state index contributed by atoms with van der Waals surface area (Å²) in [4.78, 5) is 38.7. The highest BCUT2D eigenvalue weighted by Gasteiger charge is 2.29. The molecule has 2 N–H and O–H groups in total. The highest BCUT2D eigenvalue weighted by molar-refractivity contribution is 8.02. The third kappa shape index (κ3) is 5.87. The zero-order valence-corrected chi connectivity index (χ0v) is 21.3. The lowest BCUT2D eigenvalue weighted by atomic mass is 9.95. The molecule has 1 atom stereocenters. The van der Waals surface area contributed by atoms with E-state index in [1.165, 1.54) is 34.4 Å². The van der Waals surface area contributed by atoms with Crippen molar-refractivity contribution in [1.29, 1.82) is 0 Å². The molecule has 2 aromatic rings. The molecule has 0 aromatic carbocycles. The average Bonchev–Trinajstić information content (AvgIpc) is 3.30. The van der Waals surface area contributed by atoms with E-state index in [0.717, 1.165) is 36.1 Å². The summed E-state index contributed by atoms with van der Waals surface area (Å²) >= 11 is 3.95. The van der Waals surface area contributed by atoms with Gasteiger partial charge in [-0.2, -0.15) is 0 Å². The summed E-state index contributed by atoms with van der Waals surface area (Å²) in [6.07, 6.45) is 3.86. The number of thiophene rings is 1. The molecule has 174 valence electrons. The first-order chi connectivity index (χ1) is 15.1. The molecule has 1 aliphatic rings. The molecule has 8 nitrogen and oxygen atoms in total. The Morgan fingerprint density at radius 2 is 1.84 bits per heavy atom. The predicted octanol–water partition coefficient (Wildman–Crippen LogP) is 4.76. The van der Waals surface area contributed by atoms with Gasteiger partial charge in [0, 0.05) is 10.3 Å². The van der Waals surface area contributed by atoms with E-state index in [1.54, 1.807) is 13.8 Å². The number of ether oxygens (including phenoxy) is 1. The number of amides is 2. The van der Waals surface area contributed by atoms with Gasteiger partial charge in [0.1, 0.15) is 5.00 Å². The van der Waals surface area contributed by atoms with Crippen molar-refractivity contribution in [2.24, 2.45) is 5.41 Å². The number of esters is 1. The molecule has 0 saturated carbocycles. The maximum absolute atomic E-state index is 12.9. The lowest BCUT2D eigenvalue weighted by Gasteiger charge is -2.15. The van der Waals surface area contributed by atoms with Crippen molar-refractivity contribution < 1.29 is 19.1 Å². The maximum atomic E-state index is 12.9. The number of carbonyl (C=O) groups excluding carboxylic acids is 3. The number of nitrogens with one attached hydrogen (secondary N) is 2. The fourth-order valence-electron chi connectivity index (χ4n) is 3.08. The summed E-state index contributed by atoms with van der Waals surface area (Å²) in [6, 6.07) is 0. The number of anilines is 2. The number of fused-ring (bicyclic) bond motifs is 1. The second-order valence-corrected chi connectivity index (χ2v) is 12.1. The van der Waals surface area contributed by atoms with Crippen molar-refractivity contribution in [3.05, 3.63) is 16.0 Å². The Kier molecular flexibility index (Phi) is 7.94. The Bertz CT molecular complexity index is 1010. The Morgan fingerprint density at radius 3 is 2.53 bits per heavy atom. The van der Waals surface area contributed by atoms with Gasteiger partial charge in [-0.1, -0.05) is 43.9 Å². The van der Waals surface area contributed by atoms with E-state index in [4.69, 9.17) is 4.74 Å². The van der Waals surface area contributed by atoms with E-state index in [-0.39, 0.29) is 24.4 Å². The quantitative estimate of drug-likeness (QED) is 0.323. The standard InChI is InChI=1S/C21H28N4O4S3/c1-6-29-17(27)14-12-9-7-8-10-13(12)31-16(14)22-15(26)11(2)30-20-25-24-19(32-20)23-18(28)21(3,4)5/h11H,6-10H2,1-5H3,(H,22,26)(H,23,24,28)/t11-/m1/s1. The highest BCUT2D eigenvalue weighted by Crippen LogP contribution is 2.39. The molecule has 3 rings (SSSR count). The van der Waals surface area contributed by atoms with Crippen molar-refractivity contribution in [2.75, 3.05) is 17.2 Å². The summed E-state index contributed by atoms with van der Waals surface area (Å²) < 4.78 is 5.83. The molecule has 0 fully saturated rings. The van der Waals surface area contributed by atoms with E-state index in [1.807, 2.05) is 20.8 Å². The first kappa shape index (κ1) is 24.7. The SMILES string of the molecule is CCOC(=O)c1c(NC(=O)[C@@H](C)Sc2nnc(NC(=O)C(C)(C)C)s2)sc2c1CCCC2. The summed E-state index contributed by atoms with van der Waals surface area (Å²) in [6.45, 7) is 9.28. The maximum Gasteiger partial charge on any atom is 0.341 e. The molecule has 1 aliphatic carbocycles. The number of aryl methyl sites for hydroxylation is 1. The Labute approximate surface area is 199 Å². The molecule has 0 aliphatic heterocycles. The first-order valence-corrected chi connectivity index (χ1v) is 13.1. The van der Waals surface area contributed by atoms with Gasteiger partial charge in [-0.05, 0) is 45.1 Å². The van der Waals surface area contributed by atoms with Gasteiger partial charge in [0.15, 0.2) is 4.34 Å². The Hall–Kier alpha value is -1.98. The van der Waals surface area contributed by atoms with Crippen LogP contribution in [0.15, 0.2) is 4.34 Å². The number of hydrogen-bond acceptors (Lipinski definition) is 9. The molecule has 0 radical (unpaired) electrons. The molecular weight excluding hydrogens is 468 g/mol. The van der Waals surface area contributed by atoms with Gasteiger partial charge in [-0.15, -0.1) is 21.5 Å². The molecular formula is C21H28N4O4S3. The fraction of sp³-hybridized carbons (Fsp3) is 0.571. The lowest BCUT2D eigenvalue weighted by Crippen LogP contribution is -2.27. The number of aromatic nitrogens is 2. The summed E-state index contributed by atoms with van der Waals surface area (Å²) in [7, 11) is 0. The average molecular weight is 497 g/mol. The van der Waals surface area contributed by atoms with Crippen LogP contribution < -0.4 is 10.6 Å². The zero-order chi connectivity index (χ0) is 23.5. The fourth-order valence-corrected chi connectivity index (χ4v) is 6.26. The number of carbonyl (C=O) groups is 3. The minimum Gasteiger partial charge on any atom is -0.462 e. The largest absolute Gasteiger partial charge is 0.462 e. The van der Waals surface area contributed by atoms with Gasteiger partial charge < -0.3 is 15.4 Å². The Balaban J connectivity index is 1.68. The molecule has 11 heteroatoms. The highest BCUT2D eigenvalue weighted by atomic mass is 32.2. The molecule has 0 spiro atoms. The van der Waals surface area contributed by atoms with Crippen molar-refractivity contribution >= 4 is 62.4 Å². The predicted molar refractivity (Wildman–Crippen MR) is 129 cm³/mol. The number of nitrogens with zero attached hydrogens (tertiary/aromatic N) is 2. The summed E-state index contributed by atoms with van der Waals surface area (Å²) in [5, 5.41) is 14.2. The van der Waals surface area contributed by atoms with Crippen LogP contribution in [0.2, 0.25) is 0 Å². The molecule has 2 aromatic heterocycles. The molecule has 32 heavy (non-hydrogen) atoms. The van der Waals surface area contributed by atoms with Crippen LogP contribution in [0.1, 0.15) is 68.3 Å². The van der Waals surface area contributed by atoms with Crippen LogP contribution in [0.3, 0.4) is 0 Å². The van der Waals surface area contributed by atoms with Crippen LogP contribution in [0.5, 0.6) is 0 Å². The van der Waals surface area contributed by atoms with Crippen LogP contribution in [0.25, 0.3) is 0 Å². The Morgan fingerprint density at radius 1 is 1.12 bits per heavy atom. The number of hydrogen-bond donors (Lipinski definition) is 2. The smallest absolute Gasteiger partial charge is 0.341 e. The number of rotatable bonds is 7. The summed E-state index contributed by atoms with van der Waals surface area (Å²) in [5.74, 6) is -0.760. The van der Waals surface area contributed by atoms with Crippen molar-refractivity contribution in [3.8, 4) is 0 Å². The van der Waals surface area contributed by atoms with Gasteiger partial charge in [0.05, 0.1) is 17.4 Å². The van der Waals surface area contributed by atoms with Crippen molar-refractivity contribution in [3.63, 3.8) is 0 Å². The molecule has 0 saturated heterocycles. The third-order valence-electron chi connectivity index (χ3n) is 4.84. The lowest BCUT2D eigenvalue weighted by molar-refractivity contribution is -0.123. The van der Waals surface area contributed by atoms with Gasteiger partial charge in [0.2, 0.25) is 16.9 Å². The minimum absolute atomic E-state index is 0.149. The van der Waals surface area contributed by atoms with Gasteiger partial charge >= 0.3 is 5.97 Å². The van der Waals surface area contributed by atoms with E-state index in [2.05, 4.69) is 20.8 Å². The van der Waals surface area contributed by atoms with E-state index < -0.39 is 10.7 Å². The second kappa shape index (κ2) is 10.3. The van der Waals surface area contributed by atoms with Gasteiger partial charge in [0.25, 0.3) is 0 Å².